The van der Waals surface area contributed by atoms with Crippen molar-refractivity contribution in [2.24, 2.45) is 0 Å². The monoisotopic (exact) mass is 292 g/mol. The number of benzene rings is 2. The summed E-state index contributed by atoms with van der Waals surface area (Å²) in [5.41, 5.74) is 4.23. The van der Waals surface area contributed by atoms with Crippen LogP contribution in [0, 0.1) is 13.8 Å². The fraction of sp³-hybridized carbons (Fsp3) is 0.333. The molecule has 21 heavy (non-hydrogen) atoms. The first-order valence-corrected chi connectivity index (χ1v) is 6.99. The average Bonchev–Trinajstić information content (AvgIpc) is 2.37. The Morgan fingerprint density at radius 2 is 1.57 bits per heavy atom. The Morgan fingerprint density at radius 3 is 2.14 bits per heavy atom. The Balaban J connectivity index is 2.59. The maximum atomic E-state index is 12.9. The van der Waals surface area contributed by atoms with E-state index in [9.17, 15) is 13.2 Å². The van der Waals surface area contributed by atoms with Crippen molar-refractivity contribution in [1.82, 2.24) is 0 Å². The van der Waals surface area contributed by atoms with E-state index >= 15 is 0 Å². The lowest BCUT2D eigenvalue weighted by molar-refractivity contribution is -0.137. The van der Waals surface area contributed by atoms with E-state index in [2.05, 4.69) is 13.8 Å². The number of rotatable bonds is 2. The van der Waals surface area contributed by atoms with Gasteiger partial charge < -0.3 is 0 Å². The summed E-state index contributed by atoms with van der Waals surface area (Å²) in [5.74, 6) is 0.343. The van der Waals surface area contributed by atoms with Gasteiger partial charge in [0.2, 0.25) is 0 Å². The minimum absolute atomic E-state index is 0.343. The summed E-state index contributed by atoms with van der Waals surface area (Å²) in [6, 6.07) is 9.59. The highest BCUT2D eigenvalue weighted by Crippen LogP contribution is 2.34. The zero-order valence-corrected chi connectivity index (χ0v) is 12.7. The molecular weight excluding hydrogens is 273 g/mol. The maximum absolute atomic E-state index is 12.9. The van der Waals surface area contributed by atoms with Crippen LogP contribution in [0.1, 0.15) is 42.0 Å². The van der Waals surface area contributed by atoms with Crippen LogP contribution in [0.3, 0.4) is 0 Å². The molecule has 0 bridgehead atoms. The number of hydrogen-bond acceptors (Lipinski definition) is 0. The molecule has 0 radical (unpaired) electrons. The molecule has 0 N–H and O–H groups in total. The highest BCUT2D eigenvalue weighted by Gasteiger charge is 2.30. The highest BCUT2D eigenvalue weighted by atomic mass is 19.4. The molecule has 0 heterocycles. The van der Waals surface area contributed by atoms with Gasteiger partial charge >= 0.3 is 6.18 Å². The second kappa shape index (κ2) is 5.55. The van der Waals surface area contributed by atoms with Gasteiger partial charge in [-0.15, -0.1) is 0 Å². The van der Waals surface area contributed by atoms with Crippen LogP contribution in [0.4, 0.5) is 13.2 Å². The standard InChI is InChI=1S/C18H19F3/c1-11(2)16-10-17(13(4)8-12(16)3)14-6-5-7-15(9-14)18(19,20)21/h5-11H,1-4H3. The van der Waals surface area contributed by atoms with Crippen LogP contribution in [0.25, 0.3) is 11.1 Å². The maximum Gasteiger partial charge on any atom is 0.416 e. The number of hydrogen-bond donors (Lipinski definition) is 0. The lowest BCUT2D eigenvalue weighted by Crippen LogP contribution is -2.04. The predicted octanol–water partition coefficient (Wildman–Crippen LogP) is 6.11. The molecule has 0 aliphatic heterocycles. The van der Waals surface area contributed by atoms with Gasteiger partial charge in [0.15, 0.2) is 0 Å². The predicted molar refractivity (Wildman–Crippen MR) is 80.4 cm³/mol. The summed E-state index contributed by atoms with van der Waals surface area (Å²) in [6.45, 7) is 8.16. The third-order valence-electron chi connectivity index (χ3n) is 3.74. The molecule has 0 saturated heterocycles. The summed E-state index contributed by atoms with van der Waals surface area (Å²) in [4.78, 5) is 0. The molecule has 2 aromatic carbocycles. The van der Waals surface area contributed by atoms with Crippen LogP contribution in [0.5, 0.6) is 0 Å². The Hall–Kier alpha value is -1.77. The van der Waals surface area contributed by atoms with Crippen molar-refractivity contribution in [3.05, 3.63) is 58.7 Å². The Kier molecular flexibility index (Phi) is 4.13. The number of halogens is 3. The van der Waals surface area contributed by atoms with Crippen molar-refractivity contribution in [2.45, 2.75) is 39.8 Å². The molecule has 0 atom stereocenters. The van der Waals surface area contributed by atoms with Gasteiger partial charge in [0.1, 0.15) is 0 Å². The second-order valence-corrected chi connectivity index (χ2v) is 5.76. The Morgan fingerprint density at radius 1 is 0.905 bits per heavy atom. The zero-order valence-electron chi connectivity index (χ0n) is 12.7. The van der Waals surface area contributed by atoms with Gasteiger partial charge in [-0.05, 0) is 59.7 Å². The molecule has 3 heteroatoms. The van der Waals surface area contributed by atoms with Crippen molar-refractivity contribution in [2.75, 3.05) is 0 Å². The molecule has 0 amide bonds. The van der Waals surface area contributed by atoms with E-state index in [-0.39, 0.29) is 0 Å². The van der Waals surface area contributed by atoms with Gasteiger partial charge in [-0.3, -0.25) is 0 Å². The number of alkyl halides is 3. The molecule has 2 aromatic rings. The topological polar surface area (TPSA) is 0 Å². The van der Waals surface area contributed by atoms with Crippen LogP contribution in [-0.4, -0.2) is 0 Å². The van der Waals surface area contributed by atoms with E-state index < -0.39 is 11.7 Å². The minimum Gasteiger partial charge on any atom is -0.166 e. The van der Waals surface area contributed by atoms with Crippen molar-refractivity contribution < 1.29 is 13.2 Å². The van der Waals surface area contributed by atoms with Crippen molar-refractivity contribution in [1.29, 1.82) is 0 Å². The van der Waals surface area contributed by atoms with E-state index in [4.69, 9.17) is 0 Å². The first kappa shape index (κ1) is 15.6. The van der Waals surface area contributed by atoms with E-state index in [0.29, 0.717) is 11.5 Å². The van der Waals surface area contributed by atoms with Crippen LogP contribution >= 0.6 is 0 Å². The first-order valence-electron chi connectivity index (χ1n) is 6.99. The quantitative estimate of drug-likeness (QED) is 0.626. The molecule has 0 aliphatic carbocycles. The Bertz CT molecular complexity index is 652. The minimum atomic E-state index is -4.31. The largest absolute Gasteiger partial charge is 0.416 e. The van der Waals surface area contributed by atoms with E-state index in [0.717, 1.165) is 17.2 Å². The first-order chi connectivity index (χ1) is 9.70. The lowest BCUT2D eigenvalue weighted by Gasteiger charge is -2.16. The van der Waals surface area contributed by atoms with E-state index in [1.165, 1.54) is 23.3 Å². The average molecular weight is 292 g/mol. The molecule has 0 saturated carbocycles. The summed E-state index contributed by atoms with van der Waals surface area (Å²) in [5, 5.41) is 0. The normalized spacial score (nSPS) is 12.0. The summed E-state index contributed by atoms with van der Waals surface area (Å²) in [7, 11) is 0. The van der Waals surface area contributed by atoms with Gasteiger partial charge in [-0.25, -0.2) is 0 Å². The van der Waals surface area contributed by atoms with E-state index in [1.54, 1.807) is 6.07 Å². The zero-order chi connectivity index (χ0) is 15.8. The smallest absolute Gasteiger partial charge is 0.166 e. The number of aryl methyl sites for hydroxylation is 2. The van der Waals surface area contributed by atoms with Gasteiger partial charge in [-0.1, -0.05) is 38.1 Å². The van der Waals surface area contributed by atoms with Crippen LogP contribution in [-0.2, 0) is 6.18 Å². The SMILES string of the molecule is Cc1cc(C)c(C(C)C)cc1-c1cccc(C(F)(F)F)c1. The summed E-state index contributed by atoms with van der Waals surface area (Å²) >= 11 is 0. The van der Waals surface area contributed by atoms with Gasteiger partial charge in [0.05, 0.1) is 5.56 Å². The van der Waals surface area contributed by atoms with Crippen molar-refractivity contribution >= 4 is 0 Å². The van der Waals surface area contributed by atoms with Crippen molar-refractivity contribution in [3.8, 4) is 11.1 Å². The molecule has 2 rings (SSSR count). The third-order valence-corrected chi connectivity index (χ3v) is 3.74. The van der Waals surface area contributed by atoms with Gasteiger partial charge in [0, 0.05) is 0 Å². The van der Waals surface area contributed by atoms with Gasteiger partial charge in [0.25, 0.3) is 0 Å². The molecule has 0 aliphatic rings. The van der Waals surface area contributed by atoms with E-state index in [1.807, 2.05) is 26.0 Å². The molecule has 0 nitrogen and oxygen atoms in total. The second-order valence-electron chi connectivity index (χ2n) is 5.76. The molecule has 0 fully saturated rings. The molecular formula is C18H19F3. The Labute approximate surface area is 123 Å². The highest BCUT2D eigenvalue weighted by molar-refractivity contribution is 5.69. The van der Waals surface area contributed by atoms with Crippen molar-refractivity contribution in [3.63, 3.8) is 0 Å². The van der Waals surface area contributed by atoms with Crippen LogP contribution in [0.15, 0.2) is 36.4 Å². The molecule has 0 unspecified atom stereocenters. The molecule has 112 valence electrons. The third kappa shape index (κ3) is 3.29. The van der Waals surface area contributed by atoms with Crippen LogP contribution in [0.2, 0.25) is 0 Å². The molecule has 0 spiro atoms. The van der Waals surface area contributed by atoms with Gasteiger partial charge in [-0.2, -0.15) is 13.2 Å². The summed E-state index contributed by atoms with van der Waals surface area (Å²) < 4.78 is 38.6. The lowest BCUT2D eigenvalue weighted by atomic mass is 9.90. The fourth-order valence-electron chi connectivity index (χ4n) is 2.67. The van der Waals surface area contributed by atoms with Crippen LogP contribution < -0.4 is 0 Å². The molecule has 0 aromatic heterocycles. The fourth-order valence-corrected chi connectivity index (χ4v) is 2.67. The summed E-state index contributed by atoms with van der Waals surface area (Å²) in [6.07, 6.45) is -4.31.